The fourth-order valence-corrected chi connectivity index (χ4v) is 4.74. The molecule has 4 heterocycles. The molecule has 0 bridgehead atoms. The zero-order valence-electron chi connectivity index (χ0n) is 20.5. The number of aromatic nitrogens is 5. The zero-order valence-corrected chi connectivity index (χ0v) is 20.5. The number of ether oxygens (including phenoxy) is 1. The minimum absolute atomic E-state index is 0.0136. The number of nitrogens with zero attached hydrogens (tertiary/aromatic N) is 5. The van der Waals surface area contributed by atoms with E-state index in [1.807, 2.05) is 35.9 Å². The maximum absolute atomic E-state index is 16.1. The highest BCUT2D eigenvalue weighted by Crippen LogP contribution is 2.38. The van der Waals surface area contributed by atoms with Gasteiger partial charge in [0.1, 0.15) is 34.2 Å². The molecule has 0 aliphatic rings. The number of aromatic hydroxyl groups is 1. The average Bonchev–Trinajstić information content (AvgIpc) is 3.40. The fourth-order valence-electron chi connectivity index (χ4n) is 4.74. The first-order valence-electron chi connectivity index (χ1n) is 12.0. The lowest BCUT2D eigenvalue weighted by atomic mass is 9.94. The minimum atomic E-state index is -0.732. The molecule has 0 aliphatic carbocycles. The summed E-state index contributed by atoms with van der Waals surface area (Å²) in [6.45, 7) is 2.21. The van der Waals surface area contributed by atoms with Crippen LogP contribution in [0.1, 0.15) is 18.1 Å². The van der Waals surface area contributed by atoms with E-state index < -0.39 is 11.6 Å². The van der Waals surface area contributed by atoms with Crippen molar-refractivity contribution in [1.29, 1.82) is 0 Å². The third-order valence-electron chi connectivity index (χ3n) is 6.52. The van der Waals surface area contributed by atoms with Crippen LogP contribution in [0.5, 0.6) is 11.8 Å². The smallest absolute Gasteiger partial charge is 0.318 e. The van der Waals surface area contributed by atoms with Gasteiger partial charge in [0.05, 0.1) is 12.5 Å². The number of fused-ring (bicyclic) bond motifs is 3. The average molecular weight is 513 g/mol. The van der Waals surface area contributed by atoms with Crippen molar-refractivity contribution in [2.75, 3.05) is 12.4 Å². The normalized spacial score (nSPS) is 11.5. The van der Waals surface area contributed by atoms with Gasteiger partial charge < -0.3 is 19.6 Å². The zero-order chi connectivity index (χ0) is 26.4. The van der Waals surface area contributed by atoms with Crippen LogP contribution in [-0.4, -0.2) is 36.6 Å². The van der Waals surface area contributed by atoms with E-state index in [-0.39, 0.29) is 28.5 Å². The van der Waals surface area contributed by atoms with Gasteiger partial charge in [-0.1, -0.05) is 19.1 Å². The lowest BCUT2D eigenvalue weighted by Crippen LogP contribution is -2.07. The van der Waals surface area contributed by atoms with E-state index in [1.165, 1.54) is 31.5 Å². The van der Waals surface area contributed by atoms with Crippen molar-refractivity contribution in [3.8, 4) is 23.0 Å². The molecule has 0 saturated carbocycles. The summed E-state index contributed by atoms with van der Waals surface area (Å²) in [4.78, 5) is 17.3. The molecule has 190 valence electrons. The van der Waals surface area contributed by atoms with Gasteiger partial charge >= 0.3 is 6.01 Å². The van der Waals surface area contributed by atoms with E-state index in [1.54, 1.807) is 12.3 Å². The van der Waals surface area contributed by atoms with E-state index in [0.29, 0.717) is 40.5 Å². The topological polar surface area (TPSA) is 97.5 Å². The van der Waals surface area contributed by atoms with E-state index in [0.717, 1.165) is 11.2 Å². The number of phenolic OH excluding ortho intramolecular Hbond substituents is 1. The number of methoxy groups -OCH3 is 1. The summed E-state index contributed by atoms with van der Waals surface area (Å²) in [6.07, 6.45) is 7.35. The molecule has 2 N–H and O–H groups in total. The van der Waals surface area contributed by atoms with Crippen LogP contribution in [0.15, 0.2) is 61.2 Å². The molecule has 0 atom stereocenters. The van der Waals surface area contributed by atoms with Crippen molar-refractivity contribution < 1.29 is 18.6 Å². The number of hydrogen-bond donors (Lipinski definition) is 2. The van der Waals surface area contributed by atoms with Crippen LogP contribution >= 0.6 is 0 Å². The van der Waals surface area contributed by atoms with E-state index in [2.05, 4.69) is 25.3 Å². The number of rotatable bonds is 6. The van der Waals surface area contributed by atoms with Gasteiger partial charge in [0.2, 0.25) is 0 Å². The molecular formula is C28H22F2N6O2. The van der Waals surface area contributed by atoms with E-state index in [9.17, 15) is 9.50 Å². The monoisotopic (exact) mass is 512 g/mol. The van der Waals surface area contributed by atoms with Crippen molar-refractivity contribution >= 4 is 33.1 Å². The van der Waals surface area contributed by atoms with Crippen LogP contribution in [-0.2, 0) is 13.0 Å². The predicted molar refractivity (Wildman–Crippen MR) is 140 cm³/mol. The molecule has 6 aromatic rings. The molecule has 0 saturated heterocycles. The molecule has 10 heteroatoms. The molecule has 8 nitrogen and oxygen atoms in total. The fraction of sp³-hybridized carbons (Fsp3) is 0.143. The maximum atomic E-state index is 16.1. The Morgan fingerprint density at radius 3 is 2.76 bits per heavy atom. The highest BCUT2D eigenvalue weighted by molar-refractivity contribution is 6.01. The van der Waals surface area contributed by atoms with Gasteiger partial charge in [-0.15, -0.1) is 0 Å². The van der Waals surface area contributed by atoms with Gasteiger partial charge in [-0.2, -0.15) is 9.97 Å². The lowest BCUT2D eigenvalue weighted by Gasteiger charge is -2.15. The number of anilines is 1. The number of aryl methyl sites for hydroxylation is 1. The highest BCUT2D eigenvalue weighted by Gasteiger charge is 2.21. The van der Waals surface area contributed by atoms with Crippen molar-refractivity contribution in [2.24, 2.45) is 0 Å². The van der Waals surface area contributed by atoms with Crippen LogP contribution in [0.3, 0.4) is 0 Å². The molecule has 0 fully saturated rings. The number of hydrogen-bond acceptors (Lipinski definition) is 7. The number of phenols is 1. The largest absolute Gasteiger partial charge is 0.508 e. The summed E-state index contributed by atoms with van der Waals surface area (Å²) in [7, 11) is 1.40. The Morgan fingerprint density at radius 2 is 1.95 bits per heavy atom. The van der Waals surface area contributed by atoms with Crippen LogP contribution < -0.4 is 10.1 Å². The second-order valence-electron chi connectivity index (χ2n) is 8.80. The first kappa shape index (κ1) is 23.5. The first-order chi connectivity index (χ1) is 18.5. The SMILES string of the molecule is CCc1c(F)ccc2cc(O)cc(-c3ncc4c(NCc5ccc6nccn6c5)nc(OC)nc4c3F)c12. The Kier molecular flexibility index (Phi) is 5.71. The van der Waals surface area contributed by atoms with Gasteiger partial charge in [0, 0.05) is 36.9 Å². The Labute approximate surface area is 215 Å². The number of halogens is 2. The van der Waals surface area contributed by atoms with Crippen molar-refractivity contribution in [3.63, 3.8) is 0 Å². The van der Waals surface area contributed by atoms with Crippen molar-refractivity contribution in [1.82, 2.24) is 24.3 Å². The van der Waals surface area contributed by atoms with Crippen molar-refractivity contribution in [2.45, 2.75) is 19.9 Å². The summed E-state index contributed by atoms with van der Waals surface area (Å²) in [5.74, 6) is -0.877. The van der Waals surface area contributed by atoms with Crippen molar-refractivity contribution in [3.05, 3.63) is 83.9 Å². The second kappa shape index (κ2) is 9.22. The predicted octanol–water partition coefficient (Wildman–Crippen LogP) is 5.66. The summed E-state index contributed by atoms with van der Waals surface area (Å²) < 4.78 is 38.0. The standard InChI is InChI=1S/C28H22F2N6O2/c1-3-18-21(29)6-5-16-10-17(37)11-19(23(16)18)25-24(30)26-20(13-32-25)27(35-28(34-26)38-2)33-12-15-4-7-22-31-8-9-36(22)14-15/h4-11,13-14,37H,3,12H2,1-2H3,(H,33,34,35). The van der Waals surface area contributed by atoms with Gasteiger partial charge in [-0.25, -0.2) is 13.8 Å². The molecular weight excluding hydrogens is 490 g/mol. The van der Waals surface area contributed by atoms with Gasteiger partial charge in [0.15, 0.2) is 5.82 Å². The molecule has 6 rings (SSSR count). The molecule has 2 aromatic carbocycles. The first-order valence-corrected chi connectivity index (χ1v) is 12.0. The third kappa shape index (κ3) is 3.90. The Hall–Kier alpha value is -4.86. The minimum Gasteiger partial charge on any atom is -0.508 e. The van der Waals surface area contributed by atoms with Gasteiger partial charge in [0.25, 0.3) is 0 Å². The lowest BCUT2D eigenvalue weighted by molar-refractivity contribution is 0.382. The molecule has 0 unspecified atom stereocenters. The highest BCUT2D eigenvalue weighted by atomic mass is 19.1. The number of benzene rings is 2. The molecule has 38 heavy (non-hydrogen) atoms. The maximum Gasteiger partial charge on any atom is 0.318 e. The van der Waals surface area contributed by atoms with Crippen LogP contribution in [0.2, 0.25) is 0 Å². The van der Waals surface area contributed by atoms with Crippen LogP contribution in [0.25, 0.3) is 38.6 Å². The Morgan fingerprint density at radius 1 is 1.08 bits per heavy atom. The molecule has 0 radical (unpaired) electrons. The summed E-state index contributed by atoms with van der Waals surface area (Å²) in [6, 6.07) is 9.62. The summed E-state index contributed by atoms with van der Waals surface area (Å²) in [5, 5.41) is 15.0. The van der Waals surface area contributed by atoms with E-state index in [4.69, 9.17) is 4.74 Å². The quantitative estimate of drug-likeness (QED) is 0.297. The Bertz CT molecular complexity index is 1850. The molecule has 0 spiro atoms. The summed E-state index contributed by atoms with van der Waals surface area (Å²) in [5.41, 5.74) is 2.39. The molecule has 4 aromatic heterocycles. The van der Waals surface area contributed by atoms with E-state index >= 15 is 4.39 Å². The molecule has 0 aliphatic heterocycles. The van der Waals surface area contributed by atoms with Gasteiger partial charge in [-0.3, -0.25) is 4.98 Å². The molecule has 0 amide bonds. The van der Waals surface area contributed by atoms with Crippen LogP contribution in [0, 0.1) is 11.6 Å². The second-order valence-corrected chi connectivity index (χ2v) is 8.80. The van der Waals surface area contributed by atoms with Crippen LogP contribution in [0.4, 0.5) is 14.6 Å². The number of pyridine rings is 2. The third-order valence-corrected chi connectivity index (χ3v) is 6.52. The summed E-state index contributed by atoms with van der Waals surface area (Å²) >= 11 is 0. The Balaban J connectivity index is 1.49. The van der Waals surface area contributed by atoms with Gasteiger partial charge in [-0.05, 0) is 52.6 Å². The number of nitrogens with one attached hydrogen (secondary N) is 1. The number of imidazole rings is 1.